The van der Waals surface area contributed by atoms with Crippen LogP contribution >= 0.6 is 0 Å². The van der Waals surface area contributed by atoms with Crippen molar-refractivity contribution >= 4 is 17.1 Å². The minimum Gasteiger partial charge on any atom is -0.490 e. The minimum atomic E-state index is 0.379. The molecule has 0 radical (unpaired) electrons. The quantitative estimate of drug-likeness (QED) is 0.415. The maximum atomic E-state index is 11.5. The van der Waals surface area contributed by atoms with Crippen LogP contribution < -0.4 is 9.47 Å². The highest BCUT2D eigenvalue weighted by atomic mass is 16.5. The summed E-state index contributed by atoms with van der Waals surface area (Å²) in [6.07, 6.45) is 0.854. The summed E-state index contributed by atoms with van der Waals surface area (Å²) < 4.78 is 11.6. The van der Waals surface area contributed by atoms with Crippen LogP contribution in [0.4, 0.5) is 0 Å². The number of benzene rings is 3. The van der Waals surface area contributed by atoms with Gasteiger partial charge in [-0.1, -0.05) is 50.2 Å². The molecule has 0 N–H and O–H groups in total. The fourth-order valence-electron chi connectivity index (χ4n) is 3.22. The number of hydrogen-bond donors (Lipinski definition) is 0. The van der Waals surface area contributed by atoms with Crippen LogP contribution in [-0.4, -0.2) is 19.5 Å². The molecule has 3 aromatic carbocycles. The predicted molar refractivity (Wildman–Crippen MR) is 106 cm³/mol. The zero-order chi connectivity index (χ0) is 18.5. The molecule has 26 heavy (non-hydrogen) atoms. The monoisotopic (exact) mass is 348 g/mol. The van der Waals surface area contributed by atoms with Crippen molar-refractivity contribution in [1.82, 2.24) is 0 Å². The third-order valence-corrected chi connectivity index (χ3v) is 4.52. The third-order valence-electron chi connectivity index (χ3n) is 4.52. The molecule has 0 saturated heterocycles. The molecule has 3 aromatic rings. The summed E-state index contributed by atoms with van der Waals surface area (Å²) in [5.74, 6) is 1.93. The third kappa shape index (κ3) is 3.88. The number of aldehydes is 1. The molecule has 0 aromatic heterocycles. The van der Waals surface area contributed by atoms with Gasteiger partial charge in [0.05, 0.1) is 5.56 Å². The number of carbonyl (C=O) groups is 1. The van der Waals surface area contributed by atoms with E-state index in [0.29, 0.717) is 30.4 Å². The standard InChI is InChI=1S/C23H24O3/c1-16(2)20-10-9-19(14-17(20)3)25-12-13-26-23-11-8-18-6-4-5-7-21(18)22(23)15-24/h4-11,14-16H,12-13H2,1-3H3. The van der Waals surface area contributed by atoms with Gasteiger partial charge in [0.15, 0.2) is 6.29 Å². The van der Waals surface area contributed by atoms with E-state index in [4.69, 9.17) is 9.47 Å². The van der Waals surface area contributed by atoms with Crippen molar-refractivity contribution in [3.63, 3.8) is 0 Å². The molecular weight excluding hydrogens is 324 g/mol. The van der Waals surface area contributed by atoms with E-state index < -0.39 is 0 Å². The molecule has 3 nitrogen and oxygen atoms in total. The van der Waals surface area contributed by atoms with Crippen LogP contribution in [0.5, 0.6) is 11.5 Å². The summed E-state index contributed by atoms with van der Waals surface area (Å²) in [5.41, 5.74) is 3.15. The maximum Gasteiger partial charge on any atom is 0.154 e. The van der Waals surface area contributed by atoms with Gasteiger partial charge in [0.25, 0.3) is 0 Å². The number of hydrogen-bond acceptors (Lipinski definition) is 3. The van der Waals surface area contributed by atoms with Gasteiger partial charge in [-0.05, 0) is 52.9 Å². The lowest BCUT2D eigenvalue weighted by atomic mass is 9.98. The van der Waals surface area contributed by atoms with Crippen molar-refractivity contribution < 1.29 is 14.3 Å². The van der Waals surface area contributed by atoms with E-state index in [1.165, 1.54) is 11.1 Å². The summed E-state index contributed by atoms with van der Waals surface area (Å²) in [4.78, 5) is 11.5. The molecule has 0 aliphatic rings. The SMILES string of the molecule is Cc1cc(OCCOc2ccc3ccccc3c2C=O)ccc1C(C)C. The maximum absolute atomic E-state index is 11.5. The Kier molecular flexibility index (Phi) is 5.57. The Balaban J connectivity index is 1.63. The highest BCUT2D eigenvalue weighted by molar-refractivity contribution is 6.00. The van der Waals surface area contributed by atoms with Gasteiger partial charge in [0.2, 0.25) is 0 Å². The summed E-state index contributed by atoms with van der Waals surface area (Å²) >= 11 is 0. The minimum absolute atomic E-state index is 0.379. The highest BCUT2D eigenvalue weighted by Gasteiger charge is 2.08. The Labute approximate surface area is 154 Å². The number of aryl methyl sites for hydroxylation is 1. The van der Waals surface area contributed by atoms with E-state index in [0.717, 1.165) is 22.8 Å². The van der Waals surface area contributed by atoms with E-state index in [1.54, 1.807) is 0 Å². The van der Waals surface area contributed by atoms with Crippen LogP contribution in [0.15, 0.2) is 54.6 Å². The van der Waals surface area contributed by atoms with Crippen LogP contribution in [0, 0.1) is 6.92 Å². The Morgan fingerprint density at radius 1 is 0.962 bits per heavy atom. The molecule has 0 spiro atoms. The molecule has 0 aliphatic carbocycles. The zero-order valence-electron chi connectivity index (χ0n) is 15.5. The van der Waals surface area contributed by atoms with Gasteiger partial charge in [-0.25, -0.2) is 0 Å². The fraction of sp³-hybridized carbons (Fsp3) is 0.261. The van der Waals surface area contributed by atoms with Crippen LogP contribution in [-0.2, 0) is 0 Å². The molecule has 0 bridgehead atoms. The number of carbonyl (C=O) groups excluding carboxylic acids is 1. The van der Waals surface area contributed by atoms with Crippen molar-refractivity contribution in [3.8, 4) is 11.5 Å². The van der Waals surface area contributed by atoms with Crippen molar-refractivity contribution in [2.45, 2.75) is 26.7 Å². The van der Waals surface area contributed by atoms with E-state index in [2.05, 4.69) is 32.9 Å². The zero-order valence-corrected chi connectivity index (χ0v) is 15.5. The molecule has 3 heteroatoms. The van der Waals surface area contributed by atoms with Gasteiger partial charge in [0, 0.05) is 0 Å². The first kappa shape index (κ1) is 18.0. The fourth-order valence-corrected chi connectivity index (χ4v) is 3.22. The van der Waals surface area contributed by atoms with Gasteiger partial charge in [-0.3, -0.25) is 4.79 Å². The van der Waals surface area contributed by atoms with Gasteiger partial charge >= 0.3 is 0 Å². The summed E-state index contributed by atoms with van der Waals surface area (Å²) in [6, 6.07) is 17.8. The molecule has 0 unspecified atom stereocenters. The van der Waals surface area contributed by atoms with Gasteiger partial charge in [-0.2, -0.15) is 0 Å². The van der Waals surface area contributed by atoms with Gasteiger partial charge < -0.3 is 9.47 Å². The van der Waals surface area contributed by atoms with Gasteiger partial charge in [-0.15, -0.1) is 0 Å². The van der Waals surface area contributed by atoms with Crippen molar-refractivity contribution in [2.75, 3.05) is 13.2 Å². The first-order valence-corrected chi connectivity index (χ1v) is 8.93. The van der Waals surface area contributed by atoms with E-state index >= 15 is 0 Å². The average Bonchev–Trinajstić information content (AvgIpc) is 2.64. The predicted octanol–water partition coefficient (Wildman–Crippen LogP) is 5.54. The van der Waals surface area contributed by atoms with Gasteiger partial charge in [0.1, 0.15) is 24.7 Å². The smallest absolute Gasteiger partial charge is 0.154 e. The first-order chi connectivity index (χ1) is 12.6. The van der Waals surface area contributed by atoms with Crippen molar-refractivity contribution in [3.05, 3.63) is 71.3 Å². The largest absolute Gasteiger partial charge is 0.490 e. The molecule has 0 heterocycles. The Morgan fingerprint density at radius 3 is 2.46 bits per heavy atom. The lowest BCUT2D eigenvalue weighted by Crippen LogP contribution is -2.10. The molecule has 3 rings (SSSR count). The second kappa shape index (κ2) is 8.05. The molecule has 0 amide bonds. The Hall–Kier alpha value is -2.81. The van der Waals surface area contributed by atoms with Crippen LogP contribution in [0.25, 0.3) is 10.8 Å². The van der Waals surface area contributed by atoms with E-state index in [-0.39, 0.29) is 0 Å². The Morgan fingerprint density at radius 2 is 1.73 bits per heavy atom. The second-order valence-electron chi connectivity index (χ2n) is 6.69. The summed E-state index contributed by atoms with van der Waals surface area (Å²) in [7, 11) is 0. The summed E-state index contributed by atoms with van der Waals surface area (Å²) in [6.45, 7) is 7.27. The second-order valence-corrected chi connectivity index (χ2v) is 6.69. The molecule has 0 aliphatic heterocycles. The molecule has 0 atom stereocenters. The van der Waals surface area contributed by atoms with Crippen molar-refractivity contribution in [2.24, 2.45) is 0 Å². The highest BCUT2D eigenvalue weighted by Crippen LogP contribution is 2.27. The molecule has 0 saturated carbocycles. The molecule has 0 fully saturated rings. The van der Waals surface area contributed by atoms with E-state index in [9.17, 15) is 4.79 Å². The normalized spacial score (nSPS) is 10.9. The van der Waals surface area contributed by atoms with Crippen LogP contribution in [0.1, 0.15) is 41.3 Å². The van der Waals surface area contributed by atoms with E-state index in [1.807, 2.05) is 42.5 Å². The lowest BCUT2D eigenvalue weighted by molar-refractivity contribution is 0.112. The summed E-state index contributed by atoms with van der Waals surface area (Å²) in [5, 5.41) is 1.93. The average molecular weight is 348 g/mol. The van der Waals surface area contributed by atoms with Crippen molar-refractivity contribution in [1.29, 1.82) is 0 Å². The molecular formula is C23H24O3. The Bertz CT molecular complexity index is 912. The molecule has 134 valence electrons. The number of fused-ring (bicyclic) bond motifs is 1. The first-order valence-electron chi connectivity index (χ1n) is 8.93. The number of ether oxygens (including phenoxy) is 2. The number of rotatable bonds is 7. The lowest BCUT2D eigenvalue weighted by Gasteiger charge is -2.14. The topological polar surface area (TPSA) is 35.5 Å². The van der Waals surface area contributed by atoms with Crippen LogP contribution in [0.3, 0.4) is 0 Å². The van der Waals surface area contributed by atoms with Crippen LogP contribution in [0.2, 0.25) is 0 Å².